The van der Waals surface area contributed by atoms with Crippen LogP contribution in [0.1, 0.15) is 54.5 Å². The molecule has 13 heteroatoms. The van der Waals surface area contributed by atoms with Crippen LogP contribution in [0.3, 0.4) is 0 Å². The number of nitrogens with two attached hydrogens (primary N) is 1. The fourth-order valence-corrected chi connectivity index (χ4v) is 9.15. The first-order valence-corrected chi connectivity index (χ1v) is 17.5. The van der Waals surface area contributed by atoms with Crippen LogP contribution in [0.15, 0.2) is 33.9 Å². The monoisotopic (exact) mass is 686 g/mol. The van der Waals surface area contributed by atoms with E-state index in [1.54, 1.807) is 19.0 Å². The zero-order valence-electron chi connectivity index (χ0n) is 27.5. The Morgan fingerprint density at radius 3 is 2.85 bits per heavy atom. The van der Waals surface area contributed by atoms with Gasteiger partial charge < -0.3 is 20.5 Å². The third kappa shape index (κ3) is 5.80. The quantitative estimate of drug-likeness (QED) is 0.420. The lowest BCUT2D eigenvalue weighted by Crippen LogP contribution is -2.48. The van der Waals surface area contributed by atoms with Crippen LogP contribution < -0.4 is 15.4 Å². The van der Waals surface area contributed by atoms with Crippen LogP contribution >= 0.6 is 23.2 Å². The van der Waals surface area contributed by atoms with E-state index in [1.165, 1.54) is 11.1 Å². The van der Waals surface area contributed by atoms with Gasteiger partial charge in [-0.05, 0) is 77.0 Å². The number of hydrogen-bond acceptors (Lipinski definition) is 10. The van der Waals surface area contributed by atoms with Gasteiger partial charge in [0.1, 0.15) is 24.8 Å². The Morgan fingerprint density at radius 1 is 1.21 bits per heavy atom. The number of aliphatic hydroxyl groups is 1. The minimum atomic E-state index is -1.03. The second kappa shape index (κ2) is 12.7. The number of alkyl halides is 1. The van der Waals surface area contributed by atoms with Gasteiger partial charge in [-0.1, -0.05) is 35.3 Å². The number of aromatic nitrogens is 2. The summed E-state index contributed by atoms with van der Waals surface area (Å²) in [6.45, 7) is 3.98. The van der Waals surface area contributed by atoms with Gasteiger partial charge in [-0.15, -0.1) is 0 Å². The van der Waals surface area contributed by atoms with E-state index < -0.39 is 12.4 Å². The number of nitrogens with zero attached hydrogens (tertiary/aromatic N) is 7. The molecule has 0 bridgehead atoms. The molecule has 1 unspecified atom stereocenters. The first kappa shape index (κ1) is 33.0. The maximum atomic E-state index is 14.6. The molecule has 254 valence electrons. The van der Waals surface area contributed by atoms with Crippen molar-refractivity contribution in [3.63, 3.8) is 0 Å². The second-order valence-corrected chi connectivity index (χ2v) is 15.0. The molecule has 10 nitrogen and oxygen atoms in total. The lowest BCUT2D eigenvalue weighted by atomic mass is 9.81. The average molecular weight is 688 g/mol. The predicted molar refractivity (Wildman–Crippen MR) is 183 cm³/mol. The van der Waals surface area contributed by atoms with Gasteiger partial charge in [-0.2, -0.15) is 9.97 Å². The number of rotatable bonds is 7. The van der Waals surface area contributed by atoms with Gasteiger partial charge in [0.05, 0.1) is 39.8 Å². The van der Waals surface area contributed by atoms with Gasteiger partial charge in [0.15, 0.2) is 0 Å². The van der Waals surface area contributed by atoms with E-state index in [1.807, 2.05) is 12.1 Å². The Kier molecular flexibility index (Phi) is 8.93. The summed E-state index contributed by atoms with van der Waals surface area (Å²) in [5.74, 6) is 0.783. The molecule has 7 rings (SSSR count). The van der Waals surface area contributed by atoms with Crippen molar-refractivity contribution in [2.45, 2.75) is 75.0 Å². The molecule has 0 radical (unpaired) electrons. The van der Waals surface area contributed by atoms with Crippen LogP contribution in [0.4, 0.5) is 10.2 Å². The number of likely N-dealkylation sites (N-methyl/N-ethyl adjacent to an activating group) is 2. The lowest BCUT2D eigenvalue weighted by Gasteiger charge is -2.45. The van der Waals surface area contributed by atoms with Crippen LogP contribution in [-0.4, -0.2) is 114 Å². The Labute approximate surface area is 286 Å². The number of ether oxygens (including phenoxy) is 1. The van der Waals surface area contributed by atoms with Crippen LogP contribution in [-0.2, 0) is 24.9 Å². The molecule has 4 atom stereocenters. The number of aliphatic hydroxyl groups excluding tert-OH is 1. The maximum absolute atomic E-state index is 14.6. The minimum Gasteiger partial charge on any atom is -0.461 e. The second-order valence-electron chi connectivity index (χ2n) is 14.2. The summed E-state index contributed by atoms with van der Waals surface area (Å²) in [5, 5.41) is 11.6. The van der Waals surface area contributed by atoms with Crippen molar-refractivity contribution in [2.75, 3.05) is 65.4 Å². The molecule has 1 spiro atoms. The van der Waals surface area contributed by atoms with E-state index in [9.17, 15) is 9.50 Å². The van der Waals surface area contributed by atoms with E-state index in [4.69, 9.17) is 48.6 Å². The molecule has 0 amide bonds. The van der Waals surface area contributed by atoms with Gasteiger partial charge in [-0.3, -0.25) is 19.7 Å². The van der Waals surface area contributed by atoms with E-state index in [-0.39, 0.29) is 21.8 Å². The van der Waals surface area contributed by atoms with Crippen LogP contribution in [0, 0.1) is 0 Å². The summed E-state index contributed by atoms with van der Waals surface area (Å²) in [5.41, 5.74) is 10.9. The highest BCUT2D eigenvalue weighted by atomic mass is 35.5. The van der Waals surface area contributed by atoms with Gasteiger partial charge in [0, 0.05) is 49.6 Å². The summed E-state index contributed by atoms with van der Waals surface area (Å²) in [4.78, 5) is 23.4. The van der Waals surface area contributed by atoms with Gasteiger partial charge in [0.2, 0.25) is 0 Å². The molecular formula is C34H45Cl2FN8O2. The third-order valence-electron chi connectivity index (χ3n) is 11.0. The molecule has 2 saturated heterocycles. The first-order chi connectivity index (χ1) is 22.5. The fourth-order valence-electron chi connectivity index (χ4n) is 8.56. The van der Waals surface area contributed by atoms with Gasteiger partial charge in [-0.25, -0.2) is 4.39 Å². The van der Waals surface area contributed by atoms with Crippen LogP contribution in [0.5, 0.6) is 6.01 Å². The molecule has 2 fully saturated rings. The normalized spacial score (nSPS) is 29.0. The maximum Gasteiger partial charge on any atom is 0.318 e. The molecule has 5 heterocycles. The summed E-state index contributed by atoms with van der Waals surface area (Å²) < 4.78 is 21.1. The topological polar surface area (TPSA) is 107 Å². The van der Waals surface area contributed by atoms with Crippen molar-refractivity contribution < 1.29 is 14.2 Å². The largest absolute Gasteiger partial charge is 0.461 e. The minimum absolute atomic E-state index is 0.160. The van der Waals surface area contributed by atoms with Crippen molar-refractivity contribution in [1.82, 2.24) is 24.7 Å². The summed E-state index contributed by atoms with van der Waals surface area (Å²) >= 11 is 13.7. The standard InChI is InChI=1S/C34H45Cl2FN8O2/c1-42(2)31(46)29(38)28(36)26-19-44(13-6-12-39-26)30-23-18-43(3)34(11-9-21-7-4-8-24(35)27(21)34)16-25(23)40-32(41-30)47-20-33-10-5-14-45(33)17-22(37)15-33/h4,7-8,22,31,46H,5-6,9-20,38H2,1-3H3/t22-,31?,33+,34+/m1/s1. The van der Waals surface area contributed by atoms with Crippen molar-refractivity contribution in [3.8, 4) is 6.01 Å². The van der Waals surface area contributed by atoms with Crippen molar-refractivity contribution in [3.05, 3.63) is 56.3 Å². The van der Waals surface area contributed by atoms with E-state index in [0.29, 0.717) is 63.9 Å². The highest BCUT2D eigenvalue weighted by Gasteiger charge is 2.50. The Morgan fingerprint density at radius 2 is 2.04 bits per heavy atom. The Balaban J connectivity index is 1.27. The van der Waals surface area contributed by atoms with Crippen LogP contribution in [0.25, 0.3) is 0 Å². The van der Waals surface area contributed by atoms with E-state index in [2.05, 4.69) is 27.8 Å². The smallest absolute Gasteiger partial charge is 0.318 e. The molecule has 1 aromatic heterocycles. The number of benzene rings is 1. The van der Waals surface area contributed by atoms with Gasteiger partial charge in [0.25, 0.3) is 0 Å². The molecule has 1 aromatic carbocycles. The highest BCUT2D eigenvalue weighted by molar-refractivity contribution is 6.44. The molecule has 2 aromatic rings. The van der Waals surface area contributed by atoms with E-state index >= 15 is 0 Å². The summed E-state index contributed by atoms with van der Waals surface area (Å²) in [6.07, 6.45) is 3.91. The third-order valence-corrected chi connectivity index (χ3v) is 11.8. The predicted octanol–water partition coefficient (Wildman–Crippen LogP) is 3.86. The molecule has 4 aliphatic heterocycles. The van der Waals surface area contributed by atoms with Gasteiger partial charge >= 0.3 is 6.01 Å². The lowest BCUT2D eigenvalue weighted by molar-refractivity contribution is 0.0715. The van der Waals surface area contributed by atoms with Crippen molar-refractivity contribution in [1.29, 1.82) is 0 Å². The highest BCUT2D eigenvalue weighted by Crippen LogP contribution is 2.50. The van der Waals surface area contributed by atoms with Crippen molar-refractivity contribution >= 4 is 34.7 Å². The molecular weight excluding hydrogens is 642 g/mol. The fraction of sp³-hybridized carbons (Fsp3) is 0.618. The number of aryl methyl sites for hydroxylation is 1. The number of aliphatic imine (C=N–C) groups is 1. The molecule has 47 heavy (non-hydrogen) atoms. The zero-order valence-corrected chi connectivity index (χ0v) is 29.0. The number of halogens is 3. The average Bonchev–Trinajstić information content (AvgIpc) is 3.63. The summed E-state index contributed by atoms with van der Waals surface area (Å²) in [6, 6.07) is 6.51. The SMILES string of the molecule is CN(C)C(O)C(N)=C(Cl)C1=NCCCN(c2nc(OC[C@@]34CCCN3C[C@H](F)C4)nc3c2CN(C)[C@@]2(CCc4cccc(Cl)c42)C3)C1. The molecule has 1 aliphatic carbocycles. The molecule has 0 saturated carbocycles. The Hall–Kier alpha value is -2.54. The summed E-state index contributed by atoms with van der Waals surface area (Å²) in [7, 11) is 5.63. The number of hydrogen-bond donors (Lipinski definition) is 2. The molecule has 5 aliphatic rings. The first-order valence-electron chi connectivity index (χ1n) is 16.7. The Bertz CT molecular complexity index is 1610. The zero-order chi connectivity index (χ0) is 33.1. The van der Waals surface area contributed by atoms with Crippen LogP contribution in [0.2, 0.25) is 5.02 Å². The van der Waals surface area contributed by atoms with E-state index in [0.717, 1.165) is 60.7 Å². The molecule has 3 N–H and O–H groups in total. The van der Waals surface area contributed by atoms with Crippen molar-refractivity contribution in [2.24, 2.45) is 10.7 Å². The number of fused-ring (bicyclic) bond motifs is 4. The number of anilines is 1.